The summed E-state index contributed by atoms with van der Waals surface area (Å²) in [5.74, 6) is 0. The number of aliphatic hydroxyl groups excluding tert-OH is 1. The summed E-state index contributed by atoms with van der Waals surface area (Å²) >= 11 is 0. The van der Waals surface area contributed by atoms with Crippen molar-refractivity contribution >= 4 is 0 Å². The van der Waals surface area contributed by atoms with Gasteiger partial charge in [0.2, 0.25) is 0 Å². The molecule has 2 rings (SSSR count). The fourth-order valence-corrected chi connectivity index (χ4v) is 2.37. The first-order valence-electron chi connectivity index (χ1n) is 6.74. The van der Waals surface area contributed by atoms with Crippen molar-refractivity contribution in [2.75, 3.05) is 6.61 Å². The van der Waals surface area contributed by atoms with Gasteiger partial charge in [-0.25, -0.2) is 0 Å². The number of rotatable bonds is 6. The molecule has 2 unspecified atom stereocenters. The number of alkyl halides is 3. The minimum Gasteiger partial charge on any atom is -0.394 e. The fourth-order valence-electron chi connectivity index (χ4n) is 2.37. The summed E-state index contributed by atoms with van der Waals surface area (Å²) in [6.45, 7) is 3.63. The van der Waals surface area contributed by atoms with Gasteiger partial charge in [-0.1, -0.05) is 0 Å². The van der Waals surface area contributed by atoms with E-state index in [0.29, 0.717) is 12.5 Å². The topological polar surface area (TPSA) is 50.1 Å². The third kappa shape index (κ3) is 3.73. The van der Waals surface area contributed by atoms with E-state index in [4.69, 9.17) is 0 Å². The van der Waals surface area contributed by atoms with Crippen molar-refractivity contribution in [3.05, 3.63) is 18.0 Å². The Morgan fingerprint density at radius 2 is 2.15 bits per heavy atom. The molecule has 20 heavy (non-hydrogen) atoms. The first-order chi connectivity index (χ1) is 9.23. The van der Waals surface area contributed by atoms with E-state index in [1.165, 1.54) is 10.9 Å². The van der Waals surface area contributed by atoms with Gasteiger partial charge in [-0.15, -0.1) is 0 Å². The number of halogens is 3. The molecule has 0 radical (unpaired) electrons. The number of aromatic nitrogens is 2. The molecule has 0 aliphatic heterocycles. The van der Waals surface area contributed by atoms with E-state index in [1.54, 1.807) is 6.92 Å². The van der Waals surface area contributed by atoms with Crippen molar-refractivity contribution in [3.63, 3.8) is 0 Å². The summed E-state index contributed by atoms with van der Waals surface area (Å²) in [4.78, 5) is 0. The van der Waals surface area contributed by atoms with Crippen molar-refractivity contribution < 1.29 is 18.3 Å². The number of aliphatic hydroxyl groups is 1. The molecule has 114 valence electrons. The van der Waals surface area contributed by atoms with E-state index in [2.05, 4.69) is 10.4 Å². The van der Waals surface area contributed by atoms with Gasteiger partial charge in [-0.2, -0.15) is 18.3 Å². The van der Waals surface area contributed by atoms with E-state index in [0.717, 1.165) is 18.9 Å². The lowest BCUT2D eigenvalue weighted by Gasteiger charge is -2.32. The lowest BCUT2D eigenvalue weighted by atomic mass is 9.94. The molecule has 7 heteroatoms. The Hall–Kier alpha value is -1.08. The molecule has 0 amide bonds. The standard InChI is InChI=1S/C13H20F3N3O/c1-9(7-12(2,8-20)17-10-3-4-10)19-6-5-11(18-19)13(14,15)16/h5-6,9-10,17,20H,3-4,7-8H2,1-2H3. The Bertz CT molecular complexity index is 456. The quantitative estimate of drug-likeness (QED) is 0.846. The average molecular weight is 291 g/mol. The predicted octanol–water partition coefficient (Wildman–Crippen LogP) is 2.36. The minimum absolute atomic E-state index is 0.0543. The number of nitrogens with one attached hydrogen (secondary N) is 1. The molecule has 1 aromatic rings. The Balaban J connectivity index is 2.02. The highest BCUT2D eigenvalue weighted by Crippen LogP contribution is 2.30. The van der Waals surface area contributed by atoms with Crippen LogP contribution in [0.1, 0.15) is 44.8 Å². The van der Waals surface area contributed by atoms with Crippen LogP contribution < -0.4 is 5.32 Å². The molecule has 1 aliphatic rings. The summed E-state index contributed by atoms with van der Waals surface area (Å²) in [5.41, 5.74) is -1.38. The van der Waals surface area contributed by atoms with Crippen LogP contribution in [0, 0.1) is 0 Å². The smallest absolute Gasteiger partial charge is 0.394 e. The molecule has 0 spiro atoms. The summed E-state index contributed by atoms with van der Waals surface area (Å²) in [5, 5.41) is 16.4. The van der Waals surface area contributed by atoms with E-state index < -0.39 is 17.4 Å². The van der Waals surface area contributed by atoms with Gasteiger partial charge in [0.1, 0.15) is 0 Å². The van der Waals surface area contributed by atoms with Crippen LogP contribution in [0.2, 0.25) is 0 Å². The maximum atomic E-state index is 12.5. The van der Waals surface area contributed by atoms with Crippen molar-refractivity contribution in [1.82, 2.24) is 15.1 Å². The second-order valence-corrected chi connectivity index (χ2v) is 5.87. The minimum atomic E-state index is -4.42. The van der Waals surface area contributed by atoms with Gasteiger partial charge in [-0.3, -0.25) is 4.68 Å². The van der Waals surface area contributed by atoms with Crippen molar-refractivity contribution in [2.24, 2.45) is 0 Å². The fraction of sp³-hybridized carbons (Fsp3) is 0.769. The highest BCUT2D eigenvalue weighted by atomic mass is 19.4. The second-order valence-electron chi connectivity index (χ2n) is 5.87. The summed E-state index contributed by atoms with van der Waals surface area (Å²) in [6.07, 6.45) is -0.396. The van der Waals surface area contributed by atoms with Crippen LogP contribution in [-0.2, 0) is 6.18 Å². The number of hydrogen-bond acceptors (Lipinski definition) is 3. The molecule has 2 atom stereocenters. The Morgan fingerprint density at radius 1 is 1.50 bits per heavy atom. The van der Waals surface area contributed by atoms with Gasteiger partial charge in [0, 0.05) is 17.8 Å². The predicted molar refractivity (Wildman–Crippen MR) is 68.2 cm³/mol. The van der Waals surface area contributed by atoms with Crippen LogP contribution in [0.4, 0.5) is 13.2 Å². The van der Waals surface area contributed by atoms with Crippen LogP contribution >= 0.6 is 0 Å². The zero-order valence-electron chi connectivity index (χ0n) is 11.6. The average Bonchev–Trinajstić information content (AvgIpc) is 2.98. The van der Waals surface area contributed by atoms with E-state index >= 15 is 0 Å². The maximum Gasteiger partial charge on any atom is 0.435 e. The van der Waals surface area contributed by atoms with E-state index in [1.807, 2.05) is 6.92 Å². The highest BCUT2D eigenvalue weighted by Gasteiger charge is 2.36. The van der Waals surface area contributed by atoms with Gasteiger partial charge in [0.05, 0.1) is 12.6 Å². The molecule has 2 N–H and O–H groups in total. The van der Waals surface area contributed by atoms with Crippen molar-refractivity contribution in [3.8, 4) is 0 Å². The molecule has 0 saturated heterocycles. The third-order valence-electron chi connectivity index (χ3n) is 3.58. The maximum absolute atomic E-state index is 12.5. The molecular weight excluding hydrogens is 271 g/mol. The Labute approximate surface area is 116 Å². The molecule has 1 aliphatic carbocycles. The first kappa shape index (κ1) is 15.3. The monoisotopic (exact) mass is 291 g/mol. The molecule has 4 nitrogen and oxygen atoms in total. The normalized spacial score (nSPS) is 20.7. The largest absolute Gasteiger partial charge is 0.435 e. The molecule has 1 saturated carbocycles. The lowest BCUT2D eigenvalue weighted by Crippen LogP contribution is -2.48. The van der Waals surface area contributed by atoms with Gasteiger partial charge in [-0.05, 0) is 39.2 Å². The van der Waals surface area contributed by atoms with Crippen LogP contribution in [0.3, 0.4) is 0 Å². The number of hydrogen-bond donors (Lipinski definition) is 2. The van der Waals surface area contributed by atoms with Gasteiger partial charge in [0.25, 0.3) is 0 Å². The van der Waals surface area contributed by atoms with E-state index in [9.17, 15) is 18.3 Å². The summed E-state index contributed by atoms with van der Waals surface area (Å²) in [7, 11) is 0. The van der Waals surface area contributed by atoms with Crippen molar-refractivity contribution in [2.45, 2.75) is 56.9 Å². The number of nitrogens with zero attached hydrogens (tertiary/aromatic N) is 2. The molecule has 1 fully saturated rings. The Morgan fingerprint density at radius 3 is 2.60 bits per heavy atom. The second kappa shape index (κ2) is 5.37. The Kier molecular flexibility index (Phi) is 4.11. The molecular formula is C13H20F3N3O. The SMILES string of the molecule is CC(CC(C)(CO)NC1CC1)n1ccc(C(F)(F)F)n1. The molecule has 1 aromatic heterocycles. The third-order valence-corrected chi connectivity index (χ3v) is 3.58. The van der Waals surface area contributed by atoms with Gasteiger partial charge < -0.3 is 10.4 Å². The van der Waals surface area contributed by atoms with E-state index in [-0.39, 0.29) is 12.6 Å². The highest BCUT2D eigenvalue weighted by molar-refractivity contribution is 5.04. The summed E-state index contributed by atoms with van der Waals surface area (Å²) in [6, 6.07) is 1.17. The lowest BCUT2D eigenvalue weighted by molar-refractivity contribution is -0.141. The van der Waals surface area contributed by atoms with Gasteiger partial charge >= 0.3 is 6.18 Å². The summed E-state index contributed by atoms with van der Waals surface area (Å²) < 4.78 is 38.9. The molecule has 1 heterocycles. The van der Waals surface area contributed by atoms with Crippen LogP contribution in [0.5, 0.6) is 0 Å². The first-order valence-corrected chi connectivity index (χ1v) is 6.74. The van der Waals surface area contributed by atoms with Crippen molar-refractivity contribution in [1.29, 1.82) is 0 Å². The molecule has 0 bridgehead atoms. The van der Waals surface area contributed by atoms with Gasteiger partial charge in [0.15, 0.2) is 5.69 Å². The van der Waals surface area contributed by atoms with Crippen LogP contribution in [0.25, 0.3) is 0 Å². The zero-order chi connectivity index (χ0) is 15.0. The van der Waals surface area contributed by atoms with Crippen LogP contribution in [0.15, 0.2) is 12.3 Å². The molecule has 0 aromatic carbocycles. The van der Waals surface area contributed by atoms with Crippen LogP contribution in [-0.4, -0.2) is 33.1 Å². The zero-order valence-corrected chi connectivity index (χ0v) is 11.6.